The molecule has 1 aromatic rings. The highest BCUT2D eigenvalue weighted by atomic mass is 32.1. The van der Waals surface area contributed by atoms with Crippen LogP contribution in [0.25, 0.3) is 0 Å². The highest BCUT2D eigenvalue weighted by Crippen LogP contribution is 2.19. The summed E-state index contributed by atoms with van der Waals surface area (Å²) in [6, 6.07) is 3.80. The van der Waals surface area contributed by atoms with E-state index in [1.165, 1.54) is 0 Å². The lowest BCUT2D eigenvalue weighted by Crippen LogP contribution is -2.06. The van der Waals surface area contributed by atoms with Crippen molar-refractivity contribution in [3.05, 3.63) is 29.1 Å². The summed E-state index contributed by atoms with van der Waals surface area (Å²) in [4.78, 5) is 11.5. The van der Waals surface area contributed by atoms with Gasteiger partial charge in [-0.25, -0.2) is 9.18 Å². The van der Waals surface area contributed by atoms with Gasteiger partial charge in [0, 0.05) is 4.90 Å². The third-order valence-electron chi connectivity index (χ3n) is 1.70. The minimum absolute atomic E-state index is 0.0955. The minimum atomic E-state index is -0.699. The van der Waals surface area contributed by atoms with Crippen LogP contribution < -0.4 is 0 Å². The molecule has 0 radical (unpaired) electrons. The molecule has 78 valence electrons. The lowest BCUT2D eigenvalue weighted by atomic mass is 10.1. The molecule has 0 N–H and O–H groups in total. The Hall–Kier alpha value is -1.54. The van der Waals surface area contributed by atoms with Gasteiger partial charge in [0.15, 0.2) is 0 Å². The number of carbonyl (C=O) groups is 1. The van der Waals surface area contributed by atoms with E-state index in [2.05, 4.69) is 12.6 Å². The minimum Gasteiger partial charge on any atom is -0.462 e. The van der Waals surface area contributed by atoms with Gasteiger partial charge in [0.1, 0.15) is 11.9 Å². The van der Waals surface area contributed by atoms with Gasteiger partial charge < -0.3 is 4.74 Å². The Balaban J connectivity index is 3.20. The normalized spacial score (nSPS) is 9.47. The van der Waals surface area contributed by atoms with Gasteiger partial charge in [-0.2, -0.15) is 5.26 Å². The van der Waals surface area contributed by atoms with Crippen LogP contribution in [0.1, 0.15) is 22.8 Å². The summed E-state index contributed by atoms with van der Waals surface area (Å²) in [6.07, 6.45) is 0. The highest BCUT2D eigenvalue weighted by Gasteiger charge is 2.14. The number of esters is 1. The van der Waals surface area contributed by atoms with E-state index in [-0.39, 0.29) is 22.6 Å². The molecular weight excluding hydrogens is 217 g/mol. The fourth-order valence-electron chi connectivity index (χ4n) is 1.02. The molecule has 0 amide bonds. The molecule has 0 bridgehead atoms. The van der Waals surface area contributed by atoms with E-state index in [1.54, 1.807) is 13.0 Å². The topological polar surface area (TPSA) is 50.1 Å². The van der Waals surface area contributed by atoms with Crippen LogP contribution in [-0.2, 0) is 4.74 Å². The smallest absolute Gasteiger partial charge is 0.339 e. The number of benzene rings is 1. The van der Waals surface area contributed by atoms with Crippen molar-refractivity contribution in [3.63, 3.8) is 0 Å². The number of rotatable bonds is 2. The number of nitrogens with zero attached hydrogens (tertiary/aromatic N) is 1. The lowest BCUT2D eigenvalue weighted by molar-refractivity contribution is 0.0522. The molecule has 0 aromatic heterocycles. The van der Waals surface area contributed by atoms with Crippen LogP contribution in [0.5, 0.6) is 0 Å². The maximum Gasteiger partial charge on any atom is 0.339 e. The molecule has 0 heterocycles. The van der Waals surface area contributed by atoms with Gasteiger partial charge in [0.2, 0.25) is 0 Å². The van der Waals surface area contributed by atoms with Gasteiger partial charge in [-0.1, -0.05) is 0 Å². The van der Waals surface area contributed by atoms with E-state index in [1.807, 2.05) is 0 Å². The maximum absolute atomic E-state index is 13.1. The summed E-state index contributed by atoms with van der Waals surface area (Å²) < 4.78 is 17.8. The zero-order chi connectivity index (χ0) is 11.4. The van der Waals surface area contributed by atoms with Crippen LogP contribution in [0.4, 0.5) is 4.39 Å². The van der Waals surface area contributed by atoms with Crippen molar-refractivity contribution in [2.24, 2.45) is 0 Å². The number of ether oxygens (including phenoxy) is 1. The molecule has 5 heteroatoms. The molecule has 0 unspecified atom stereocenters. The number of hydrogen-bond donors (Lipinski definition) is 1. The molecule has 3 nitrogen and oxygen atoms in total. The number of carbonyl (C=O) groups excluding carboxylic acids is 1. The summed E-state index contributed by atoms with van der Waals surface area (Å²) >= 11 is 3.94. The molecule has 0 spiro atoms. The van der Waals surface area contributed by atoms with E-state index < -0.39 is 11.8 Å². The second kappa shape index (κ2) is 4.80. The van der Waals surface area contributed by atoms with Crippen molar-refractivity contribution < 1.29 is 13.9 Å². The average molecular weight is 225 g/mol. The monoisotopic (exact) mass is 225 g/mol. The molecule has 0 aliphatic rings. The SMILES string of the molecule is CCOC(=O)c1cc(C#N)c(F)cc1S. The molecule has 0 aliphatic heterocycles. The van der Waals surface area contributed by atoms with E-state index in [9.17, 15) is 9.18 Å². The molecule has 0 atom stereocenters. The zero-order valence-corrected chi connectivity index (χ0v) is 8.85. The van der Waals surface area contributed by atoms with E-state index in [0.29, 0.717) is 0 Å². The first-order valence-electron chi connectivity index (χ1n) is 4.19. The molecule has 15 heavy (non-hydrogen) atoms. The number of halogens is 1. The van der Waals surface area contributed by atoms with Crippen molar-refractivity contribution in [3.8, 4) is 6.07 Å². The summed E-state index contributed by atoms with van der Waals surface area (Å²) in [7, 11) is 0. The Morgan fingerprint density at radius 1 is 1.67 bits per heavy atom. The Kier molecular flexibility index (Phi) is 3.69. The van der Waals surface area contributed by atoms with Gasteiger partial charge in [-0.15, -0.1) is 12.6 Å². The molecule has 0 fully saturated rings. The Morgan fingerprint density at radius 2 is 2.33 bits per heavy atom. The van der Waals surface area contributed by atoms with Crippen molar-refractivity contribution in [2.75, 3.05) is 6.61 Å². The second-order valence-corrected chi connectivity index (χ2v) is 3.16. The first kappa shape index (κ1) is 11.5. The maximum atomic E-state index is 13.1. The summed E-state index contributed by atoms with van der Waals surface area (Å²) in [5.41, 5.74) is -0.103. The van der Waals surface area contributed by atoms with Crippen LogP contribution in [0.2, 0.25) is 0 Å². The van der Waals surface area contributed by atoms with Gasteiger partial charge >= 0.3 is 5.97 Å². The van der Waals surface area contributed by atoms with Crippen molar-refractivity contribution >= 4 is 18.6 Å². The van der Waals surface area contributed by atoms with E-state index >= 15 is 0 Å². The first-order valence-corrected chi connectivity index (χ1v) is 4.64. The van der Waals surface area contributed by atoms with E-state index in [4.69, 9.17) is 10.00 Å². The van der Waals surface area contributed by atoms with Gasteiger partial charge in [0.25, 0.3) is 0 Å². The first-order chi connectivity index (χ1) is 7.10. The summed E-state index contributed by atoms with van der Waals surface area (Å²) in [5, 5.41) is 8.58. The highest BCUT2D eigenvalue weighted by molar-refractivity contribution is 7.80. The molecule has 0 saturated heterocycles. The van der Waals surface area contributed by atoms with Gasteiger partial charge in [0.05, 0.1) is 17.7 Å². The Labute approximate surface area is 91.9 Å². The number of thiol groups is 1. The molecular formula is C10H8FNO2S. The fourth-order valence-corrected chi connectivity index (χ4v) is 1.29. The van der Waals surface area contributed by atoms with Gasteiger partial charge in [-0.3, -0.25) is 0 Å². The largest absolute Gasteiger partial charge is 0.462 e. The Bertz CT molecular complexity index is 440. The van der Waals surface area contributed by atoms with Gasteiger partial charge in [-0.05, 0) is 19.1 Å². The third kappa shape index (κ3) is 2.48. The van der Waals surface area contributed by atoms with Crippen LogP contribution in [-0.4, -0.2) is 12.6 Å². The molecule has 0 aliphatic carbocycles. The van der Waals surface area contributed by atoms with Crippen molar-refractivity contribution in [2.45, 2.75) is 11.8 Å². The third-order valence-corrected chi connectivity index (χ3v) is 2.07. The average Bonchev–Trinajstić information content (AvgIpc) is 2.18. The van der Waals surface area contributed by atoms with Crippen LogP contribution >= 0.6 is 12.6 Å². The van der Waals surface area contributed by atoms with Crippen LogP contribution in [0.3, 0.4) is 0 Å². The fraction of sp³-hybridized carbons (Fsp3) is 0.200. The van der Waals surface area contributed by atoms with Crippen LogP contribution in [0, 0.1) is 17.1 Å². The standard InChI is InChI=1S/C10H8FNO2S/c1-2-14-10(13)7-3-6(5-12)8(11)4-9(7)15/h3-4,15H,2H2,1H3. The van der Waals surface area contributed by atoms with Crippen molar-refractivity contribution in [1.82, 2.24) is 0 Å². The zero-order valence-electron chi connectivity index (χ0n) is 7.95. The molecule has 0 saturated carbocycles. The molecule has 1 rings (SSSR count). The predicted octanol–water partition coefficient (Wildman–Crippen LogP) is 2.16. The number of nitriles is 1. The second-order valence-electron chi connectivity index (χ2n) is 2.68. The number of hydrogen-bond acceptors (Lipinski definition) is 4. The predicted molar refractivity (Wildman–Crippen MR) is 54.3 cm³/mol. The lowest BCUT2D eigenvalue weighted by Gasteiger charge is -2.05. The summed E-state index contributed by atoms with van der Waals surface area (Å²) in [6.45, 7) is 1.87. The van der Waals surface area contributed by atoms with Crippen molar-refractivity contribution in [1.29, 1.82) is 5.26 Å². The van der Waals surface area contributed by atoms with E-state index in [0.717, 1.165) is 12.1 Å². The summed E-state index contributed by atoms with van der Waals surface area (Å²) in [5.74, 6) is -1.31. The molecule has 1 aromatic carbocycles. The Morgan fingerprint density at radius 3 is 2.87 bits per heavy atom. The van der Waals surface area contributed by atoms with Crippen LogP contribution in [0.15, 0.2) is 17.0 Å². The quantitative estimate of drug-likeness (QED) is 0.619.